The lowest BCUT2D eigenvalue weighted by Crippen LogP contribution is -2.36. The van der Waals surface area contributed by atoms with Crippen LogP contribution in [-0.4, -0.2) is 95.4 Å². The summed E-state index contributed by atoms with van der Waals surface area (Å²) >= 11 is 1.89. The van der Waals surface area contributed by atoms with Crippen molar-refractivity contribution < 1.29 is 28.3 Å². The Balaban J connectivity index is 0.894. The molecule has 55 heavy (non-hydrogen) atoms. The largest absolute Gasteiger partial charge is 0.423 e. The van der Waals surface area contributed by atoms with Gasteiger partial charge in [-0.1, -0.05) is 82.1 Å². The molecule has 2 saturated heterocycles. The summed E-state index contributed by atoms with van der Waals surface area (Å²) in [7, 11) is 0. The fraction of sp³-hybridized carbons (Fsp3) is 0.650. The molecule has 2 aliphatic rings. The van der Waals surface area contributed by atoms with Crippen molar-refractivity contribution in [3.63, 3.8) is 0 Å². The van der Waals surface area contributed by atoms with E-state index in [-0.39, 0.29) is 36.3 Å². The van der Waals surface area contributed by atoms with Gasteiger partial charge in [-0.3, -0.25) is 14.3 Å². The number of benzene rings is 1. The zero-order chi connectivity index (χ0) is 38.7. The first-order valence-electron chi connectivity index (χ1n) is 20.2. The lowest BCUT2D eigenvalue weighted by molar-refractivity contribution is -0.122. The van der Waals surface area contributed by atoms with Gasteiger partial charge in [0.15, 0.2) is 0 Å². The fourth-order valence-corrected chi connectivity index (χ4v) is 8.65. The van der Waals surface area contributed by atoms with Crippen LogP contribution in [0.5, 0.6) is 0 Å². The van der Waals surface area contributed by atoms with Crippen LogP contribution in [0.4, 0.5) is 4.79 Å². The molecule has 0 aliphatic carbocycles. The quantitative estimate of drug-likeness (QED) is 0.0461. The molecule has 3 aromatic rings. The van der Waals surface area contributed by atoms with Gasteiger partial charge in [-0.15, -0.1) is 5.10 Å². The highest BCUT2D eigenvalue weighted by Gasteiger charge is 2.42. The van der Waals surface area contributed by atoms with Crippen LogP contribution in [0.2, 0.25) is 0 Å². The second-order valence-electron chi connectivity index (χ2n) is 14.5. The summed E-state index contributed by atoms with van der Waals surface area (Å²) in [5.74, 6) is 0.731. The number of hydrogen-bond donors (Lipinski definition) is 4. The topological polar surface area (TPSA) is 179 Å². The third-order valence-electron chi connectivity index (χ3n) is 10.1. The maximum absolute atomic E-state index is 12.7. The van der Waals surface area contributed by atoms with Crippen molar-refractivity contribution in [2.24, 2.45) is 0 Å². The maximum Gasteiger partial charge on any atom is 0.336 e. The van der Waals surface area contributed by atoms with Crippen LogP contribution in [-0.2, 0) is 32.0 Å². The summed E-state index contributed by atoms with van der Waals surface area (Å²) in [6, 6.07) is 7.26. The van der Waals surface area contributed by atoms with Gasteiger partial charge in [-0.25, -0.2) is 9.59 Å². The molecule has 2 fully saturated rings. The van der Waals surface area contributed by atoms with Gasteiger partial charge in [0.1, 0.15) is 11.3 Å². The molecular weight excluding hydrogens is 723 g/mol. The Hall–Kier alpha value is -3.95. The van der Waals surface area contributed by atoms with Gasteiger partial charge in [0.05, 0.1) is 51.1 Å². The molecule has 3 atom stereocenters. The molecule has 14 nitrogen and oxygen atoms in total. The summed E-state index contributed by atoms with van der Waals surface area (Å²) < 4.78 is 18.5. The van der Waals surface area contributed by atoms with Gasteiger partial charge in [0.25, 0.3) is 0 Å². The minimum atomic E-state index is -0.517. The standard InChI is InChI=1S/C40H59N7O7S/c1-2-3-4-5-6-7-8-9-12-19-47-27-32(45-46-47)29-15-16-31-30(26-38(50)54-34(31)24-29)25-37(49)42-18-21-53-23-22-52-20-17-41-36(48)14-11-10-13-35-39-33(28-55-35)43-40(51)44-39/h15-16,24,26-27,33,35,39H,2-14,17-23,25,28H2,1H3,(H,41,48)(H,42,49)(H2,43,44,51)/t33-,35-,39-/m0/s1. The second kappa shape index (κ2) is 23.2. The highest BCUT2D eigenvalue weighted by molar-refractivity contribution is 8.00. The Kier molecular flexibility index (Phi) is 17.8. The van der Waals surface area contributed by atoms with Crippen LogP contribution in [0.25, 0.3) is 22.2 Å². The van der Waals surface area contributed by atoms with Gasteiger partial charge in [-0.05, 0) is 30.9 Å². The predicted octanol–water partition coefficient (Wildman–Crippen LogP) is 5.12. The van der Waals surface area contributed by atoms with Gasteiger partial charge < -0.3 is 35.2 Å². The molecule has 2 aromatic heterocycles. The monoisotopic (exact) mass is 781 g/mol. The minimum absolute atomic E-state index is 0.0117. The van der Waals surface area contributed by atoms with Crippen molar-refractivity contribution in [1.29, 1.82) is 0 Å². The van der Waals surface area contributed by atoms with Gasteiger partial charge in [0, 0.05) is 54.1 Å². The smallest absolute Gasteiger partial charge is 0.336 e. The Labute approximate surface area is 328 Å². The number of hydrogen-bond acceptors (Lipinski definition) is 10. The van der Waals surface area contributed by atoms with Gasteiger partial charge >= 0.3 is 11.7 Å². The molecule has 0 saturated carbocycles. The number of aromatic nitrogens is 3. The molecule has 0 spiro atoms. The number of aryl methyl sites for hydroxylation is 1. The number of carbonyl (C=O) groups is 3. The third kappa shape index (κ3) is 14.3. The molecule has 4 heterocycles. The molecule has 15 heteroatoms. The Morgan fingerprint density at radius 1 is 0.891 bits per heavy atom. The maximum atomic E-state index is 12.7. The number of ether oxygens (including phenoxy) is 2. The van der Waals surface area contributed by atoms with E-state index in [1.54, 1.807) is 6.07 Å². The summed E-state index contributed by atoms with van der Waals surface area (Å²) in [5.41, 5.74) is 1.97. The zero-order valence-corrected chi connectivity index (χ0v) is 33.1. The van der Waals surface area contributed by atoms with E-state index in [0.717, 1.165) is 43.5 Å². The molecule has 0 unspecified atom stereocenters. The van der Waals surface area contributed by atoms with Crippen molar-refractivity contribution in [2.45, 2.75) is 121 Å². The van der Waals surface area contributed by atoms with E-state index in [1.165, 1.54) is 57.4 Å². The van der Waals surface area contributed by atoms with E-state index in [2.05, 4.69) is 38.5 Å². The number of thioether (sulfide) groups is 1. The highest BCUT2D eigenvalue weighted by atomic mass is 32.2. The SMILES string of the molecule is CCCCCCCCCCCn1cc(-c2ccc3c(CC(=O)NCCOCCOCCNC(=O)CCCC[C@@H]4SC[C@@H]5NC(=O)N[C@@H]54)cc(=O)oc3c2)nn1. The first-order valence-corrected chi connectivity index (χ1v) is 21.3. The number of nitrogens with one attached hydrogen (secondary N) is 4. The highest BCUT2D eigenvalue weighted by Crippen LogP contribution is 2.33. The zero-order valence-electron chi connectivity index (χ0n) is 32.3. The summed E-state index contributed by atoms with van der Waals surface area (Å²) in [6.45, 7) is 5.25. The van der Waals surface area contributed by atoms with Crippen LogP contribution in [0.1, 0.15) is 96.0 Å². The van der Waals surface area contributed by atoms with Crippen LogP contribution in [0.15, 0.2) is 39.7 Å². The number of rotatable bonds is 27. The lowest BCUT2D eigenvalue weighted by Gasteiger charge is -2.16. The van der Waals surface area contributed by atoms with E-state index in [4.69, 9.17) is 13.9 Å². The average molecular weight is 782 g/mol. The molecule has 4 amide bonds. The van der Waals surface area contributed by atoms with Crippen molar-refractivity contribution in [3.05, 3.63) is 46.4 Å². The summed E-state index contributed by atoms with van der Waals surface area (Å²) in [4.78, 5) is 48.8. The summed E-state index contributed by atoms with van der Waals surface area (Å²) in [6.07, 6.45) is 16.6. The molecule has 5 rings (SSSR count). The number of urea groups is 1. The van der Waals surface area contributed by atoms with Gasteiger partial charge in [0.2, 0.25) is 11.8 Å². The van der Waals surface area contributed by atoms with E-state index in [0.29, 0.717) is 73.4 Å². The fourth-order valence-electron chi connectivity index (χ4n) is 7.11. The molecule has 302 valence electrons. The molecular formula is C40H59N7O7S. The van der Waals surface area contributed by atoms with Crippen LogP contribution in [0, 0.1) is 0 Å². The predicted molar refractivity (Wildman–Crippen MR) is 214 cm³/mol. The van der Waals surface area contributed by atoms with Crippen molar-refractivity contribution in [1.82, 2.24) is 36.3 Å². The summed E-state index contributed by atoms with van der Waals surface area (Å²) in [5, 5.41) is 21.4. The van der Waals surface area contributed by atoms with Crippen molar-refractivity contribution in [2.75, 3.05) is 45.3 Å². The number of carbonyl (C=O) groups excluding carboxylic acids is 3. The lowest BCUT2D eigenvalue weighted by atomic mass is 10.0. The van der Waals surface area contributed by atoms with Crippen LogP contribution >= 0.6 is 11.8 Å². The molecule has 2 aliphatic heterocycles. The third-order valence-corrected chi connectivity index (χ3v) is 11.6. The number of fused-ring (bicyclic) bond motifs is 2. The van der Waals surface area contributed by atoms with Crippen molar-refractivity contribution in [3.8, 4) is 11.3 Å². The molecule has 1 aromatic carbocycles. The van der Waals surface area contributed by atoms with Crippen LogP contribution in [0.3, 0.4) is 0 Å². The van der Waals surface area contributed by atoms with E-state index >= 15 is 0 Å². The second-order valence-corrected chi connectivity index (χ2v) is 15.7. The molecule has 0 bridgehead atoms. The number of unbranched alkanes of at least 4 members (excludes halogenated alkanes) is 9. The minimum Gasteiger partial charge on any atom is -0.423 e. The first kappa shape index (κ1) is 42.2. The first-order chi connectivity index (χ1) is 26.9. The van der Waals surface area contributed by atoms with Crippen LogP contribution < -0.4 is 26.9 Å². The van der Waals surface area contributed by atoms with E-state index in [9.17, 15) is 19.2 Å². The Bertz CT molecular complexity index is 1720. The average Bonchev–Trinajstić information content (AvgIpc) is 3.90. The molecule has 0 radical (unpaired) electrons. The normalized spacial score (nSPS) is 17.6. The molecule has 4 N–H and O–H groups in total. The van der Waals surface area contributed by atoms with E-state index < -0.39 is 5.63 Å². The van der Waals surface area contributed by atoms with E-state index in [1.807, 2.05) is 34.8 Å². The number of amides is 4. The Morgan fingerprint density at radius 3 is 2.38 bits per heavy atom. The van der Waals surface area contributed by atoms with Crippen molar-refractivity contribution >= 4 is 40.6 Å². The van der Waals surface area contributed by atoms with Gasteiger partial charge in [-0.2, -0.15) is 11.8 Å². The Morgan fingerprint density at radius 2 is 1.62 bits per heavy atom. The number of nitrogens with zero attached hydrogens (tertiary/aromatic N) is 3.